The maximum atomic E-state index is 9.01. The molecule has 0 aliphatic heterocycles. The summed E-state index contributed by atoms with van der Waals surface area (Å²) >= 11 is 0. The van der Waals surface area contributed by atoms with Gasteiger partial charge in [0.1, 0.15) is 46.9 Å². The van der Waals surface area contributed by atoms with Crippen LogP contribution in [0.15, 0.2) is 176 Å². The van der Waals surface area contributed by atoms with E-state index in [0.717, 1.165) is 105 Å². The second-order valence-corrected chi connectivity index (χ2v) is 37.5. The van der Waals surface area contributed by atoms with Crippen molar-refractivity contribution < 1.29 is 52.8 Å². The van der Waals surface area contributed by atoms with E-state index in [1.807, 2.05) is 85.8 Å². The average Bonchev–Trinajstić information content (AvgIpc) is 0.869. The quantitative estimate of drug-likeness (QED) is 0.0283. The molecule has 2 N–H and O–H groups in total. The predicted octanol–water partition coefficient (Wildman–Crippen LogP) is 31.8. The standard InChI is InChI=1S/C26H42O2.C24H34O3.C22H36O2.C17H28O2.2C10H14O/c1-3-21(2)24-14-16-25(17-15-24)28-26(20-23-12-8-5-9-13-23)27-19-18-22-10-6-4-7-11-22;1-6-19(2)20-12-14-22(15-13-20)27-23(18-24(3,4)5)26-17-16-25-21-10-8-7-9-11-21;1-6-17(2)18-12-14-20(15-13-18)24-21(16-22(3,4)5)23-19-10-8-7-9-11-19;1-6-14(5)15-8-10-16(11-9-15)19-17(18-7-2)12-13(3)4;2*1-3-8(2)9-4-6-10(11)7-5-9/h14-17,21-23,26H,3-13,18-20H2,1-2H3;7-15,19,23H,6,16-18H2,1-5H3;12-15,17,19,21H,6-11,16H2,1-5H3;8-11,13-14,17H,6-7,12H2,1-5H3;2*4-8,11H,3H2,1-2H3. The zero-order chi connectivity index (χ0) is 87.7. The molecule has 0 radical (unpaired) electrons. The topological polar surface area (TPSA) is 124 Å². The fourth-order valence-corrected chi connectivity index (χ4v) is 15.1. The van der Waals surface area contributed by atoms with E-state index >= 15 is 0 Å². The Hall–Kier alpha value is -7.02. The van der Waals surface area contributed by atoms with Gasteiger partial charge in [-0.3, -0.25) is 0 Å². The molecule has 0 spiro atoms. The first-order chi connectivity index (χ1) is 57.5. The molecule has 0 amide bonds. The van der Waals surface area contributed by atoms with E-state index < -0.39 is 0 Å². The lowest BCUT2D eigenvalue weighted by atomic mass is 9.86. The van der Waals surface area contributed by atoms with Gasteiger partial charge in [-0.05, 0) is 247 Å². The fraction of sp³-hybridized carbons (Fsp3) is 0.615. The number of phenols is 2. The smallest absolute Gasteiger partial charge is 0.200 e. The summed E-state index contributed by atoms with van der Waals surface area (Å²) in [5.74, 6) is 11.0. The molecule has 10 unspecified atom stereocenters. The SMILES string of the molecule is CCC(C)c1ccc(O)cc1.CCC(C)c1ccc(O)cc1.CCC(C)c1ccc(OC(CC(C)(C)C)OC2CCCCC2)cc1.CCC(C)c1ccc(OC(CC(C)(C)C)OCCOc2ccccc2)cc1.CCC(C)c1ccc(OC(CC2CCCCC2)OCCC2CCCCC2)cc1.CCOC(CC(C)C)Oc1ccc(C(C)CC)cc1. The van der Waals surface area contributed by atoms with Crippen LogP contribution in [-0.2, 0) is 18.9 Å². The van der Waals surface area contributed by atoms with Crippen LogP contribution in [-0.4, -0.2) is 67.9 Å². The van der Waals surface area contributed by atoms with Crippen LogP contribution in [0.25, 0.3) is 0 Å². The minimum Gasteiger partial charge on any atom is -0.508 e. The lowest BCUT2D eigenvalue weighted by Crippen LogP contribution is -2.32. The number of para-hydroxylation sites is 1. The zero-order valence-electron chi connectivity index (χ0n) is 79.1. The molecule has 3 saturated carbocycles. The van der Waals surface area contributed by atoms with E-state index in [-0.39, 0.29) is 36.0 Å². The van der Waals surface area contributed by atoms with Gasteiger partial charge in [-0.2, -0.15) is 0 Å². The molecule has 3 fully saturated rings. The highest BCUT2D eigenvalue weighted by Gasteiger charge is 2.28. The summed E-state index contributed by atoms with van der Waals surface area (Å²) in [4.78, 5) is 0. The Bertz CT molecular complexity index is 3570. The molecule has 0 heterocycles. The number of phenolic OH excluding ortho intramolecular Hbond substituents is 2. The normalized spacial score (nSPS) is 16.6. The van der Waals surface area contributed by atoms with Gasteiger partial charge >= 0.3 is 0 Å². The minimum atomic E-state index is -0.293. The number of hydrogen-bond acceptors (Lipinski definition) is 11. The molecular formula is C109H168O11. The summed E-state index contributed by atoms with van der Waals surface area (Å²) in [7, 11) is 0. The lowest BCUT2D eigenvalue weighted by molar-refractivity contribution is -0.142. The van der Waals surface area contributed by atoms with Crippen molar-refractivity contribution in [2.45, 2.75) is 379 Å². The number of hydrogen-bond donors (Lipinski definition) is 2. The molecule has 3 aliphatic carbocycles. The molecule has 0 saturated heterocycles. The van der Waals surface area contributed by atoms with Crippen molar-refractivity contribution in [2.75, 3.05) is 26.4 Å². The Morgan fingerprint density at radius 1 is 0.317 bits per heavy atom. The molecule has 11 heteroatoms. The van der Waals surface area contributed by atoms with Gasteiger partial charge in [-0.25, -0.2) is 0 Å². The number of benzene rings is 7. The van der Waals surface area contributed by atoms with Gasteiger partial charge in [0.15, 0.2) is 18.9 Å². The highest BCUT2D eigenvalue weighted by Crippen LogP contribution is 2.36. The fourth-order valence-electron chi connectivity index (χ4n) is 15.1. The number of aromatic hydroxyl groups is 2. The van der Waals surface area contributed by atoms with E-state index in [0.29, 0.717) is 78.8 Å². The molecule has 3 aliphatic rings. The van der Waals surface area contributed by atoms with E-state index in [1.54, 1.807) is 24.3 Å². The second-order valence-electron chi connectivity index (χ2n) is 37.5. The van der Waals surface area contributed by atoms with Gasteiger partial charge < -0.3 is 52.8 Å². The summed E-state index contributed by atoms with van der Waals surface area (Å²) in [5.41, 5.74) is 8.39. The summed E-state index contributed by atoms with van der Waals surface area (Å²) in [6.45, 7) is 48.9. The van der Waals surface area contributed by atoms with Crippen LogP contribution < -0.4 is 23.7 Å². The maximum absolute atomic E-state index is 9.01. The van der Waals surface area contributed by atoms with Gasteiger partial charge in [0.2, 0.25) is 6.29 Å². The van der Waals surface area contributed by atoms with Crippen LogP contribution >= 0.6 is 0 Å². The Labute approximate surface area is 732 Å². The largest absolute Gasteiger partial charge is 0.508 e. The Morgan fingerprint density at radius 2 is 0.633 bits per heavy atom. The molecule has 120 heavy (non-hydrogen) atoms. The van der Waals surface area contributed by atoms with E-state index in [1.165, 1.54) is 143 Å². The molecule has 0 aromatic heterocycles. The van der Waals surface area contributed by atoms with Crippen molar-refractivity contribution in [1.82, 2.24) is 0 Å². The molecule has 670 valence electrons. The summed E-state index contributed by atoms with van der Waals surface area (Å²) in [6.07, 6.45) is 31.7. The zero-order valence-corrected chi connectivity index (χ0v) is 79.1. The van der Waals surface area contributed by atoms with Gasteiger partial charge in [-0.15, -0.1) is 0 Å². The summed E-state index contributed by atoms with van der Waals surface area (Å²) in [5, 5.41) is 18.0. The van der Waals surface area contributed by atoms with Crippen LogP contribution in [0.1, 0.15) is 381 Å². The predicted molar refractivity (Wildman–Crippen MR) is 505 cm³/mol. The van der Waals surface area contributed by atoms with Crippen molar-refractivity contribution in [1.29, 1.82) is 0 Å². The summed E-state index contributed by atoms with van der Waals surface area (Å²) in [6, 6.07) is 58.7. The van der Waals surface area contributed by atoms with Crippen LogP contribution in [0.2, 0.25) is 0 Å². The Balaban J connectivity index is 0.000000264. The first-order valence-electron chi connectivity index (χ1n) is 47.3. The van der Waals surface area contributed by atoms with Gasteiger partial charge in [-0.1, -0.05) is 313 Å². The van der Waals surface area contributed by atoms with E-state index in [9.17, 15) is 0 Å². The van der Waals surface area contributed by atoms with Crippen molar-refractivity contribution >= 4 is 0 Å². The van der Waals surface area contributed by atoms with Gasteiger partial charge in [0.05, 0.1) is 19.3 Å². The lowest BCUT2D eigenvalue weighted by Gasteiger charge is -2.31. The highest BCUT2D eigenvalue weighted by atomic mass is 16.7. The van der Waals surface area contributed by atoms with Gasteiger partial charge in [0.25, 0.3) is 0 Å². The van der Waals surface area contributed by atoms with Crippen LogP contribution in [0.5, 0.6) is 40.2 Å². The van der Waals surface area contributed by atoms with Crippen molar-refractivity contribution in [3.63, 3.8) is 0 Å². The third kappa shape index (κ3) is 43.8. The number of ether oxygens (including phenoxy) is 9. The second kappa shape index (κ2) is 58.2. The van der Waals surface area contributed by atoms with Crippen LogP contribution in [0.4, 0.5) is 0 Å². The Kier molecular flexibility index (Phi) is 50.2. The van der Waals surface area contributed by atoms with E-state index in [2.05, 4.69) is 211 Å². The van der Waals surface area contributed by atoms with Crippen molar-refractivity contribution in [3.8, 4) is 40.2 Å². The number of rotatable bonds is 39. The minimum absolute atomic E-state index is 0.0823. The van der Waals surface area contributed by atoms with Crippen molar-refractivity contribution in [3.05, 3.63) is 209 Å². The van der Waals surface area contributed by atoms with Crippen LogP contribution in [0.3, 0.4) is 0 Å². The highest BCUT2D eigenvalue weighted by molar-refractivity contribution is 5.34. The average molecular weight is 1650 g/mol. The van der Waals surface area contributed by atoms with Crippen LogP contribution in [0, 0.1) is 28.6 Å². The molecular weight excluding hydrogens is 1490 g/mol. The molecule has 0 bridgehead atoms. The first kappa shape index (κ1) is 104. The third-order valence-corrected chi connectivity index (χ3v) is 24.1. The van der Waals surface area contributed by atoms with Gasteiger partial charge in [0, 0.05) is 32.3 Å². The third-order valence-electron chi connectivity index (χ3n) is 24.1. The molecule has 7 aromatic carbocycles. The maximum Gasteiger partial charge on any atom is 0.200 e. The summed E-state index contributed by atoms with van der Waals surface area (Å²) < 4.78 is 54.7. The van der Waals surface area contributed by atoms with Crippen molar-refractivity contribution in [2.24, 2.45) is 28.6 Å². The molecule has 11 nitrogen and oxygen atoms in total. The Morgan fingerprint density at radius 3 is 0.983 bits per heavy atom. The molecule has 10 atom stereocenters. The first-order valence-corrected chi connectivity index (χ1v) is 47.3. The molecule has 10 rings (SSSR count). The molecule has 7 aromatic rings. The van der Waals surface area contributed by atoms with E-state index in [4.69, 9.17) is 52.8 Å². The monoisotopic (exact) mass is 1650 g/mol.